The number of hydrogen-bond acceptors (Lipinski definition) is 2. The van der Waals surface area contributed by atoms with Crippen molar-refractivity contribution in [1.29, 1.82) is 0 Å². The molecule has 0 atom stereocenters. The Labute approximate surface area is 126 Å². The molecule has 0 aliphatic rings. The first-order chi connectivity index (χ1) is 10.1. The van der Waals surface area contributed by atoms with E-state index in [9.17, 15) is 9.59 Å². The molecule has 3 rings (SSSR count). The van der Waals surface area contributed by atoms with Gasteiger partial charge in [0, 0.05) is 12.6 Å². The average Bonchev–Trinajstić information content (AvgIpc) is 2.47. The van der Waals surface area contributed by atoms with Crippen LogP contribution in [0, 0.1) is 0 Å². The van der Waals surface area contributed by atoms with E-state index in [4.69, 9.17) is 11.6 Å². The second-order valence-electron chi connectivity index (χ2n) is 4.77. The van der Waals surface area contributed by atoms with E-state index in [2.05, 4.69) is 0 Å². The van der Waals surface area contributed by atoms with E-state index in [1.54, 1.807) is 36.4 Å². The molecule has 3 nitrogen and oxygen atoms in total. The van der Waals surface area contributed by atoms with Crippen molar-refractivity contribution in [2.75, 3.05) is 0 Å². The van der Waals surface area contributed by atoms with Crippen molar-refractivity contribution >= 4 is 28.2 Å². The van der Waals surface area contributed by atoms with Gasteiger partial charge in [-0.25, -0.2) is 0 Å². The van der Waals surface area contributed by atoms with Crippen LogP contribution in [0.1, 0.15) is 17.4 Å². The fourth-order valence-electron chi connectivity index (χ4n) is 2.41. The molecule has 104 valence electrons. The second kappa shape index (κ2) is 5.19. The van der Waals surface area contributed by atoms with Crippen LogP contribution in [0.3, 0.4) is 0 Å². The molecule has 3 aromatic rings. The third-order valence-corrected chi connectivity index (χ3v) is 3.69. The highest BCUT2D eigenvalue weighted by Gasteiger charge is 2.15. The Morgan fingerprint density at radius 2 is 1.76 bits per heavy atom. The summed E-state index contributed by atoms with van der Waals surface area (Å²) in [6, 6.07) is 16.0. The molecule has 1 heterocycles. The van der Waals surface area contributed by atoms with Gasteiger partial charge in [-0.05, 0) is 29.7 Å². The van der Waals surface area contributed by atoms with Gasteiger partial charge in [-0.15, -0.1) is 0 Å². The minimum Gasteiger partial charge on any atom is -0.293 e. The number of aromatic nitrogens is 1. The van der Waals surface area contributed by atoms with Crippen LogP contribution in [0.25, 0.3) is 16.5 Å². The predicted molar refractivity (Wildman–Crippen MR) is 84.6 cm³/mol. The molecule has 0 aliphatic heterocycles. The van der Waals surface area contributed by atoms with Gasteiger partial charge in [0.1, 0.15) is 0 Å². The largest absolute Gasteiger partial charge is 0.293 e. The quantitative estimate of drug-likeness (QED) is 0.674. The fraction of sp³-hybridized carbons (Fsp3) is 0.0588. The minimum absolute atomic E-state index is 0.169. The molecule has 0 N–H and O–H groups in total. The van der Waals surface area contributed by atoms with Crippen LogP contribution < -0.4 is 5.56 Å². The summed E-state index contributed by atoms with van der Waals surface area (Å²) in [6.45, 7) is 1.45. The molecule has 0 bridgehead atoms. The lowest BCUT2D eigenvalue weighted by Crippen LogP contribution is -2.24. The Balaban J connectivity index is 2.50. The maximum Gasteiger partial charge on any atom is 0.265 e. The summed E-state index contributed by atoms with van der Waals surface area (Å²) in [7, 11) is 0. The molecule has 0 spiro atoms. The number of halogens is 1. The minimum atomic E-state index is -0.283. The van der Waals surface area contributed by atoms with Crippen LogP contribution in [0.4, 0.5) is 0 Å². The van der Waals surface area contributed by atoms with Crippen molar-refractivity contribution < 1.29 is 4.79 Å². The smallest absolute Gasteiger partial charge is 0.265 e. The molecule has 0 amide bonds. The van der Waals surface area contributed by atoms with Crippen LogP contribution in [0.2, 0.25) is 5.02 Å². The third kappa shape index (κ3) is 2.26. The number of benzene rings is 2. The molecule has 0 radical (unpaired) electrons. The number of pyridine rings is 1. The molecule has 0 fully saturated rings. The van der Waals surface area contributed by atoms with Gasteiger partial charge in [0.15, 0.2) is 5.78 Å². The van der Waals surface area contributed by atoms with Crippen molar-refractivity contribution in [3.05, 3.63) is 75.7 Å². The Hall–Kier alpha value is -2.39. The van der Waals surface area contributed by atoms with Gasteiger partial charge in [0.05, 0.1) is 16.1 Å². The maximum atomic E-state index is 12.8. The standard InChI is InChI=1S/C17H12ClNO2/c1-11(20)15-10-12-6-5-9-14(18)16(12)17(21)19(15)13-7-3-2-4-8-13/h2-10H,1H3. The molecule has 4 heteroatoms. The van der Waals surface area contributed by atoms with E-state index in [0.29, 0.717) is 27.2 Å². The number of rotatable bonds is 2. The normalized spacial score (nSPS) is 10.8. The number of hydrogen-bond donors (Lipinski definition) is 0. The summed E-state index contributed by atoms with van der Waals surface area (Å²) in [5.41, 5.74) is 0.713. The highest BCUT2D eigenvalue weighted by molar-refractivity contribution is 6.35. The van der Waals surface area contributed by atoms with E-state index >= 15 is 0 Å². The summed E-state index contributed by atoms with van der Waals surface area (Å²) in [4.78, 5) is 24.7. The number of Topliss-reactive ketones (excluding diaryl/α,β-unsaturated/α-hetero) is 1. The fourth-order valence-corrected chi connectivity index (χ4v) is 2.67. The van der Waals surface area contributed by atoms with Gasteiger partial charge in [-0.1, -0.05) is 41.9 Å². The average molecular weight is 298 g/mol. The molecule has 0 saturated carbocycles. The number of nitrogens with zero attached hydrogens (tertiary/aromatic N) is 1. The number of carbonyl (C=O) groups is 1. The van der Waals surface area contributed by atoms with Crippen LogP contribution in [0.5, 0.6) is 0 Å². The molecule has 0 saturated heterocycles. The van der Waals surface area contributed by atoms with E-state index in [-0.39, 0.29) is 11.3 Å². The van der Waals surface area contributed by atoms with Gasteiger partial charge in [-0.2, -0.15) is 0 Å². The van der Waals surface area contributed by atoms with E-state index in [1.165, 1.54) is 11.5 Å². The molecule has 0 aliphatic carbocycles. The first kappa shape index (κ1) is 13.6. The summed E-state index contributed by atoms with van der Waals surface area (Å²) < 4.78 is 1.41. The Morgan fingerprint density at radius 1 is 1.05 bits per heavy atom. The van der Waals surface area contributed by atoms with Crippen molar-refractivity contribution in [1.82, 2.24) is 4.57 Å². The molecule has 2 aromatic carbocycles. The Kier molecular flexibility index (Phi) is 3.35. The Bertz CT molecular complexity index is 898. The van der Waals surface area contributed by atoms with Crippen molar-refractivity contribution in [2.45, 2.75) is 6.92 Å². The lowest BCUT2D eigenvalue weighted by molar-refractivity contribution is 0.101. The van der Waals surface area contributed by atoms with E-state index in [1.807, 2.05) is 18.2 Å². The maximum absolute atomic E-state index is 12.8. The monoisotopic (exact) mass is 297 g/mol. The Morgan fingerprint density at radius 3 is 2.43 bits per heavy atom. The summed E-state index contributed by atoms with van der Waals surface area (Å²) in [5.74, 6) is -0.169. The van der Waals surface area contributed by atoms with E-state index < -0.39 is 0 Å². The van der Waals surface area contributed by atoms with Crippen LogP contribution in [-0.2, 0) is 0 Å². The summed E-state index contributed by atoms with van der Waals surface area (Å²) >= 11 is 6.16. The van der Waals surface area contributed by atoms with Crippen LogP contribution >= 0.6 is 11.6 Å². The van der Waals surface area contributed by atoms with Gasteiger partial charge in [0.2, 0.25) is 0 Å². The van der Waals surface area contributed by atoms with Crippen LogP contribution in [-0.4, -0.2) is 10.4 Å². The van der Waals surface area contributed by atoms with Crippen molar-refractivity contribution in [3.63, 3.8) is 0 Å². The highest BCUT2D eigenvalue weighted by atomic mass is 35.5. The van der Waals surface area contributed by atoms with E-state index in [0.717, 1.165) is 0 Å². The first-order valence-corrected chi connectivity index (χ1v) is 6.88. The number of para-hydroxylation sites is 1. The summed E-state index contributed by atoms with van der Waals surface area (Å²) in [5, 5.41) is 1.48. The zero-order chi connectivity index (χ0) is 15.0. The number of ketones is 1. The lowest BCUT2D eigenvalue weighted by Gasteiger charge is -2.13. The number of fused-ring (bicyclic) bond motifs is 1. The molecular formula is C17H12ClNO2. The molecule has 1 aromatic heterocycles. The molecule has 21 heavy (non-hydrogen) atoms. The summed E-state index contributed by atoms with van der Waals surface area (Å²) in [6.07, 6.45) is 0. The topological polar surface area (TPSA) is 39.1 Å². The molecular weight excluding hydrogens is 286 g/mol. The zero-order valence-electron chi connectivity index (χ0n) is 11.3. The van der Waals surface area contributed by atoms with Gasteiger partial charge in [-0.3, -0.25) is 14.2 Å². The molecule has 0 unspecified atom stereocenters. The number of carbonyl (C=O) groups excluding carboxylic acids is 1. The van der Waals surface area contributed by atoms with Crippen LogP contribution in [0.15, 0.2) is 59.4 Å². The first-order valence-electron chi connectivity index (χ1n) is 6.50. The SMILES string of the molecule is CC(=O)c1cc2cccc(Cl)c2c(=O)n1-c1ccccc1. The second-order valence-corrected chi connectivity index (χ2v) is 5.17. The third-order valence-electron chi connectivity index (χ3n) is 3.37. The van der Waals surface area contributed by atoms with Gasteiger partial charge < -0.3 is 0 Å². The predicted octanol–water partition coefficient (Wildman–Crippen LogP) is 3.85. The van der Waals surface area contributed by atoms with Crippen molar-refractivity contribution in [3.8, 4) is 5.69 Å². The lowest BCUT2D eigenvalue weighted by atomic mass is 10.1. The van der Waals surface area contributed by atoms with Crippen molar-refractivity contribution in [2.24, 2.45) is 0 Å². The van der Waals surface area contributed by atoms with Gasteiger partial charge >= 0.3 is 0 Å². The highest BCUT2D eigenvalue weighted by Crippen LogP contribution is 2.22. The zero-order valence-corrected chi connectivity index (χ0v) is 12.1. The van der Waals surface area contributed by atoms with Gasteiger partial charge in [0.25, 0.3) is 5.56 Å².